The SMILES string of the molecule is COc1ccc(C(=O)OC(C)C(=O)Nc2ccc3c(c2)C(=O)c2ccccc2C3=O)c(O)c1. The normalized spacial score (nSPS) is 12.9. The summed E-state index contributed by atoms with van der Waals surface area (Å²) in [6, 6.07) is 15.0. The van der Waals surface area contributed by atoms with Gasteiger partial charge in [-0.25, -0.2) is 4.79 Å². The van der Waals surface area contributed by atoms with Crippen molar-refractivity contribution in [2.45, 2.75) is 13.0 Å². The van der Waals surface area contributed by atoms with Crippen molar-refractivity contribution in [1.82, 2.24) is 0 Å². The van der Waals surface area contributed by atoms with Crippen LogP contribution in [0.4, 0.5) is 5.69 Å². The summed E-state index contributed by atoms with van der Waals surface area (Å²) in [5.74, 6) is -2.10. The van der Waals surface area contributed by atoms with Gasteiger partial charge in [-0.1, -0.05) is 24.3 Å². The van der Waals surface area contributed by atoms with Crippen molar-refractivity contribution >= 4 is 29.1 Å². The number of phenolic OH excluding ortho intramolecular Hbond substituents is 1. The van der Waals surface area contributed by atoms with E-state index in [9.17, 15) is 24.3 Å². The molecule has 1 unspecified atom stereocenters. The Morgan fingerprint density at radius 3 is 2.15 bits per heavy atom. The van der Waals surface area contributed by atoms with Gasteiger partial charge in [-0.15, -0.1) is 0 Å². The van der Waals surface area contributed by atoms with E-state index in [1.165, 1.54) is 50.4 Å². The number of ketones is 2. The molecule has 8 heteroatoms. The Morgan fingerprint density at radius 1 is 0.879 bits per heavy atom. The summed E-state index contributed by atoms with van der Waals surface area (Å²) in [6.45, 7) is 1.37. The molecule has 1 aliphatic carbocycles. The molecule has 2 N–H and O–H groups in total. The smallest absolute Gasteiger partial charge is 0.342 e. The number of esters is 1. The number of carbonyl (C=O) groups excluding carboxylic acids is 4. The maximum absolute atomic E-state index is 12.8. The monoisotopic (exact) mass is 445 g/mol. The fourth-order valence-electron chi connectivity index (χ4n) is 3.51. The number of ether oxygens (including phenoxy) is 2. The van der Waals surface area contributed by atoms with Gasteiger partial charge in [-0.2, -0.15) is 0 Å². The number of anilines is 1. The molecule has 166 valence electrons. The zero-order valence-electron chi connectivity index (χ0n) is 17.7. The van der Waals surface area contributed by atoms with Crippen LogP contribution < -0.4 is 10.1 Å². The van der Waals surface area contributed by atoms with Gasteiger partial charge in [0.1, 0.15) is 17.1 Å². The topological polar surface area (TPSA) is 119 Å². The van der Waals surface area contributed by atoms with Crippen LogP contribution in [0.3, 0.4) is 0 Å². The van der Waals surface area contributed by atoms with Crippen LogP contribution in [-0.4, -0.2) is 41.8 Å². The van der Waals surface area contributed by atoms with Crippen molar-refractivity contribution in [3.05, 3.63) is 88.5 Å². The number of hydrogen-bond acceptors (Lipinski definition) is 7. The summed E-state index contributed by atoms with van der Waals surface area (Å²) < 4.78 is 10.1. The zero-order chi connectivity index (χ0) is 23.7. The Morgan fingerprint density at radius 2 is 1.52 bits per heavy atom. The summed E-state index contributed by atoms with van der Waals surface area (Å²) in [5.41, 5.74) is 1.24. The molecule has 1 amide bonds. The van der Waals surface area contributed by atoms with Crippen molar-refractivity contribution < 1.29 is 33.8 Å². The van der Waals surface area contributed by atoms with Gasteiger partial charge in [0, 0.05) is 34.0 Å². The average Bonchev–Trinajstić information content (AvgIpc) is 2.82. The van der Waals surface area contributed by atoms with E-state index >= 15 is 0 Å². The third-order valence-corrected chi connectivity index (χ3v) is 5.27. The summed E-state index contributed by atoms with van der Waals surface area (Å²) >= 11 is 0. The number of methoxy groups -OCH3 is 1. The lowest BCUT2D eigenvalue weighted by molar-refractivity contribution is -0.123. The Balaban J connectivity index is 1.48. The largest absolute Gasteiger partial charge is 0.507 e. The molecule has 0 radical (unpaired) electrons. The number of aromatic hydroxyl groups is 1. The molecule has 0 fully saturated rings. The molecule has 0 spiro atoms. The van der Waals surface area contributed by atoms with Crippen LogP contribution in [0.15, 0.2) is 60.7 Å². The molecule has 3 aromatic rings. The van der Waals surface area contributed by atoms with Gasteiger partial charge in [-0.3, -0.25) is 14.4 Å². The number of hydrogen-bond donors (Lipinski definition) is 2. The Hall–Kier alpha value is -4.46. The minimum absolute atomic E-state index is 0.119. The second-order valence-electron chi connectivity index (χ2n) is 7.38. The van der Waals surface area contributed by atoms with Crippen molar-refractivity contribution in [3.8, 4) is 11.5 Å². The van der Waals surface area contributed by atoms with Crippen molar-refractivity contribution in [1.29, 1.82) is 0 Å². The minimum Gasteiger partial charge on any atom is -0.507 e. The summed E-state index contributed by atoms with van der Waals surface area (Å²) in [7, 11) is 1.42. The molecule has 0 aliphatic heterocycles. The van der Waals surface area contributed by atoms with Gasteiger partial charge < -0.3 is 19.9 Å². The molecule has 0 saturated carbocycles. The number of phenols is 1. The van der Waals surface area contributed by atoms with Crippen molar-refractivity contribution in [2.24, 2.45) is 0 Å². The molecule has 3 aromatic carbocycles. The molecule has 0 bridgehead atoms. The van der Waals surface area contributed by atoms with E-state index in [0.29, 0.717) is 16.9 Å². The Kier molecular flexibility index (Phi) is 5.66. The third kappa shape index (κ3) is 4.06. The van der Waals surface area contributed by atoms with Crippen molar-refractivity contribution in [3.63, 3.8) is 0 Å². The molecule has 1 atom stereocenters. The number of carbonyl (C=O) groups is 4. The molecule has 0 aromatic heterocycles. The van der Waals surface area contributed by atoms with Crippen LogP contribution in [0.5, 0.6) is 11.5 Å². The van der Waals surface area contributed by atoms with E-state index in [4.69, 9.17) is 9.47 Å². The van der Waals surface area contributed by atoms with E-state index in [1.807, 2.05) is 0 Å². The molecular formula is C25H19NO7. The third-order valence-electron chi connectivity index (χ3n) is 5.27. The maximum atomic E-state index is 12.8. The highest BCUT2D eigenvalue weighted by atomic mass is 16.5. The van der Waals surface area contributed by atoms with Gasteiger partial charge in [0.25, 0.3) is 5.91 Å². The lowest BCUT2D eigenvalue weighted by atomic mass is 9.84. The number of fused-ring (bicyclic) bond motifs is 2. The number of amides is 1. The Bertz CT molecular complexity index is 1310. The first-order valence-electron chi connectivity index (χ1n) is 10.0. The van der Waals surface area contributed by atoms with Crippen LogP contribution >= 0.6 is 0 Å². The van der Waals surface area contributed by atoms with E-state index in [0.717, 1.165) is 0 Å². The van der Waals surface area contributed by atoms with Gasteiger partial charge in [0.05, 0.1) is 7.11 Å². The summed E-state index contributed by atoms with van der Waals surface area (Å²) in [6.07, 6.45) is -1.20. The van der Waals surface area contributed by atoms with Crippen molar-refractivity contribution in [2.75, 3.05) is 12.4 Å². The van der Waals surface area contributed by atoms with Crippen LogP contribution in [0.2, 0.25) is 0 Å². The van der Waals surface area contributed by atoms with Crippen LogP contribution in [0.1, 0.15) is 49.1 Å². The summed E-state index contributed by atoms with van der Waals surface area (Å²) in [4.78, 5) is 50.4. The lowest BCUT2D eigenvalue weighted by Crippen LogP contribution is -2.30. The first kappa shape index (κ1) is 21.8. The fourth-order valence-corrected chi connectivity index (χ4v) is 3.51. The minimum atomic E-state index is -1.20. The van der Waals surface area contributed by atoms with E-state index in [1.54, 1.807) is 24.3 Å². The first-order chi connectivity index (χ1) is 15.8. The zero-order valence-corrected chi connectivity index (χ0v) is 17.7. The molecular weight excluding hydrogens is 426 g/mol. The fraction of sp³-hybridized carbons (Fsp3) is 0.120. The Labute approximate surface area is 188 Å². The average molecular weight is 445 g/mol. The van der Waals surface area contributed by atoms with E-state index < -0.39 is 18.0 Å². The van der Waals surface area contributed by atoms with Gasteiger partial charge in [-0.05, 0) is 37.3 Å². The number of rotatable bonds is 5. The lowest BCUT2D eigenvalue weighted by Gasteiger charge is -2.19. The maximum Gasteiger partial charge on any atom is 0.342 e. The molecule has 0 heterocycles. The molecule has 33 heavy (non-hydrogen) atoms. The predicted octanol–water partition coefficient (Wildman–Crippen LogP) is 3.36. The summed E-state index contributed by atoms with van der Waals surface area (Å²) in [5, 5.41) is 12.5. The highest BCUT2D eigenvalue weighted by molar-refractivity contribution is 6.28. The number of benzene rings is 3. The van der Waals surface area contributed by atoms with Crippen LogP contribution in [-0.2, 0) is 9.53 Å². The molecule has 0 saturated heterocycles. The van der Waals surface area contributed by atoms with Gasteiger partial charge in [0.15, 0.2) is 17.7 Å². The first-order valence-corrected chi connectivity index (χ1v) is 10.0. The standard InChI is InChI=1S/C25H19NO7/c1-13(33-25(31)19-10-8-15(32-2)12-21(19)27)24(30)26-14-7-9-18-20(11-14)23(29)17-6-4-3-5-16(17)22(18)28/h3-13,27H,1-2H3,(H,26,30). The van der Waals surface area contributed by atoms with Gasteiger partial charge >= 0.3 is 5.97 Å². The number of nitrogens with one attached hydrogen (secondary N) is 1. The van der Waals surface area contributed by atoms with E-state index in [-0.39, 0.29) is 39.7 Å². The highest BCUT2D eigenvalue weighted by Crippen LogP contribution is 2.29. The molecule has 1 aliphatic rings. The second-order valence-corrected chi connectivity index (χ2v) is 7.38. The second kappa shape index (κ2) is 8.58. The molecule has 4 rings (SSSR count). The molecule has 8 nitrogen and oxygen atoms in total. The van der Waals surface area contributed by atoms with E-state index in [2.05, 4.69) is 5.32 Å². The van der Waals surface area contributed by atoms with Crippen LogP contribution in [0.25, 0.3) is 0 Å². The van der Waals surface area contributed by atoms with Crippen LogP contribution in [0, 0.1) is 0 Å². The highest BCUT2D eigenvalue weighted by Gasteiger charge is 2.30. The van der Waals surface area contributed by atoms with Gasteiger partial charge in [0.2, 0.25) is 0 Å². The quantitative estimate of drug-likeness (QED) is 0.452. The predicted molar refractivity (Wildman–Crippen MR) is 118 cm³/mol.